The quantitative estimate of drug-likeness (QED) is 0.911. The number of nitrogen functional groups attached to an aromatic ring is 1. The van der Waals surface area contributed by atoms with Crippen LogP contribution in [0.2, 0.25) is 0 Å². The van der Waals surface area contributed by atoms with Crippen LogP contribution in [0.1, 0.15) is 25.8 Å². The minimum Gasteiger partial charge on any atom is -0.384 e. The molecule has 0 amide bonds. The molecule has 20 heavy (non-hydrogen) atoms. The predicted molar refractivity (Wildman–Crippen MR) is 82.5 cm³/mol. The molecule has 0 aliphatic carbocycles. The first-order valence-electron chi connectivity index (χ1n) is 6.85. The monoisotopic (exact) mass is 273 g/mol. The van der Waals surface area contributed by atoms with E-state index < -0.39 is 0 Å². The molecule has 2 N–H and O–H groups in total. The van der Waals surface area contributed by atoms with Crippen molar-refractivity contribution in [2.75, 3.05) is 12.8 Å². The second-order valence-corrected chi connectivity index (χ2v) is 5.74. The van der Waals surface area contributed by atoms with Gasteiger partial charge in [-0.25, -0.2) is 0 Å². The van der Waals surface area contributed by atoms with E-state index in [0.29, 0.717) is 5.82 Å². The summed E-state index contributed by atoms with van der Waals surface area (Å²) in [4.78, 5) is 0. The van der Waals surface area contributed by atoms with Crippen molar-refractivity contribution in [1.82, 2.24) is 9.78 Å². The fraction of sp³-hybridized carbons (Fsp3) is 0.438. The molecule has 0 aliphatic heterocycles. The van der Waals surface area contributed by atoms with Crippen molar-refractivity contribution >= 4 is 5.82 Å². The van der Waals surface area contributed by atoms with Crippen LogP contribution < -0.4 is 5.73 Å². The lowest BCUT2D eigenvalue weighted by Crippen LogP contribution is -2.22. The zero-order valence-electron chi connectivity index (χ0n) is 12.7. The van der Waals surface area contributed by atoms with Gasteiger partial charge in [0.2, 0.25) is 0 Å². The van der Waals surface area contributed by atoms with Crippen LogP contribution >= 0.6 is 0 Å². The van der Waals surface area contributed by atoms with Gasteiger partial charge in [0.1, 0.15) is 5.82 Å². The topological polar surface area (TPSA) is 53.1 Å². The SMILES string of the molecule is COC(C)(C)CCc1ccc(-c2cc(N)n(C)n2)cc1. The molecule has 0 saturated heterocycles. The summed E-state index contributed by atoms with van der Waals surface area (Å²) < 4.78 is 7.13. The number of aryl methyl sites for hydroxylation is 2. The number of ether oxygens (including phenoxy) is 1. The Labute approximate surface area is 120 Å². The van der Waals surface area contributed by atoms with E-state index in [2.05, 4.69) is 43.2 Å². The molecule has 1 heterocycles. The third kappa shape index (κ3) is 3.39. The molecule has 0 saturated carbocycles. The molecule has 0 unspecified atom stereocenters. The highest BCUT2D eigenvalue weighted by molar-refractivity contribution is 5.62. The van der Waals surface area contributed by atoms with E-state index in [1.165, 1.54) is 5.56 Å². The fourth-order valence-corrected chi connectivity index (χ4v) is 2.01. The minimum absolute atomic E-state index is 0.0753. The Kier molecular flexibility index (Phi) is 4.14. The van der Waals surface area contributed by atoms with E-state index in [0.717, 1.165) is 24.1 Å². The second kappa shape index (κ2) is 5.67. The van der Waals surface area contributed by atoms with Crippen LogP contribution in [0.15, 0.2) is 30.3 Å². The average Bonchev–Trinajstić information content (AvgIpc) is 2.77. The summed E-state index contributed by atoms with van der Waals surface area (Å²) in [5, 5.41) is 4.38. The maximum Gasteiger partial charge on any atom is 0.121 e. The zero-order valence-corrected chi connectivity index (χ0v) is 12.7. The first kappa shape index (κ1) is 14.6. The van der Waals surface area contributed by atoms with Gasteiger partial charge in [-0.15, -0.1) is 0 Å². The lowest BCUT2D eigenvalue weighted by atomic mass is 9.98. The first-order valence-corrected chi connectivity index (χ1v) is 6.85. The van der Waals surface area contributed by atoms with Crippen molar-refractivity contribution in [3.05, 3.63) is 35.9 Å². The molecule has 2 aromatic rings. The molecule has 1 aromatic carbocycles. The third-order valence-corrected chi connectivity index (χ3v) is 3.73. The zero-order chi connectivity index (χ0) is 14.8. The lowest BCUT2D eigenvalue weighted by molar-refractivity contribution is 0.0158. The Morgan fingerprint density at radius 1 is 1.25 bits per heavy atom. The highest BCUT2D eigenvalue weighted by Gasteiger charge is 2.15. The number of methoxy groups -OCH3 is 1. The Hall–Kier alpha value is -1.81. The summed E-state index contributed by atoms with van der Waals surface area (Å²) in [5.74, 6) is 0.672. The number of hydrogen-bond donors (Lipinski definition) is 1. The highest BCUT2D eigenvalue weighted by Crippen LogP contribution is 2.22. The van der Waals surface area contributed by atoms with E-state index in [-0.39, 0.29) is 5.60 Å². The van der Waals surface area contributed by atoms with Crippen molar-refractivity contribution < 1.29 is 4.74 Å². The molecule has 4 heteroatoms. The van der Waals surface area contributed by atoms with Crippen molar-refractivity contribution in [3.63, 3.8) is 0 Å². The molecule has 4 nitrogen and oxygen atoms in total. The van der Waals surface area contributed by atoms with Gasteiger partial charge in [0.05, 0.1) is 11.3 Å². The summed E-state index contributed by atoms with van der Waals surface area (Å²) in [6.45, 7) is 4.22. The maximum absolute atomic E-state index is 5.81. The van der Waals surface area contributed by atoms with Crippen molar-refractivity contribution in [2.45, 2.75) is 32.3 Å². The van der Waals surface area contributed by atoms with Gasteiger partial charge in [-0.1, -0.05) is 24.3 Å². The predicted octanol–water partition coefficient (Wildman–Crippen LogP) is 3.03. The highest BCUT2D eigenvalue weighted by atomic mass is 16.5. The second-order valence-electron chi connectivity index (χ2n) is 5.74. The van der Waals surface area contributed by atoms with Crippen LogP contribution in [-0.4, -0.2) is 22.5 Å². The van der Waals surface area contributed by atoms with Crippen LogP contribution in [0.3, 0.4) is 0 Å². The van der Waals surface area contributed by atoms with Gasteiger partial charge >= 0.3 is 0 Å². The largest absolute Gasteiger partial charge is 0.384 e. The molecule has 0 fully saturated rings. The van der Waals surface area contributed by atoms with Gasteiger partial charge in [0.15, 0.2) is 0 Å². The third-order valence-electron chi connectivity index (χ3n) is 3.73. The minimum atomic E-state index is -0.0753. The number of aromatic nitrogens is 2. The normalized spacial score (nSPS) is 11.8. The van der Waals surface area contributed by atoms with Crippen LogP contribution in [0.4, 0.5) is 5.82 Å². The van der Waals surface area contributed by atoms with Crippen LogP contribution in [-0.2, 0) is 18.2 Å². The van der Waals surface area contributed by atoms with E-state index in [1.54, 1.807) is 11.8 Å². The Morgan fingerprint density at radius 2 is 1.90 bits per heavy atom. The molecular formula is C16H23N3O. The number of nitrogens with two attached hydrogens (primary N) is 1. The summed E-state index contributed by atoms with van der Waals surface area (Å²) >= 11 is 0. The number of rotatable bonds is 5. The fourth-order valence-electron chi connectivity index (χ4n) is 2.01. The molecule has 0 spiro atoms. The Balaban J connectivity index is 2.07. The number of anilines is 1. The van der Waals surface area contributed by atoms with Gasteiger partial charge in [0, 0.05) is 25.8 Å². The van der Waals surface area contributed by atoms with E-state index in [4.69, 9.17) is 10.5 Å². The standard InChI is InChI=1S/C16H23N3O/c1-16(2,20-4)10-9-12-5-7-13(8-6-12)14-11-15(17)19(3)18-14/h5-8,11H,9-10,17H2,1-4H3. The summed E-state index contributed by atoms with van der Waals surface area (Å²) in [6.07, 6.45) is 2.00. The van der Waals surface area contributed by atoms with Crippen molar-refractivity contribution in [2.24, 2.45) is 7.05 Å². The summed E-state index contributed by atoms with van der Waals surface area (Å²) in [5.41, 5.74) is 9.04. The maximum atomic E-state index is 5.81. The van der Waals surface area contributed by atoms with E-state index in [9.17, 15) is 0 Å². The molecule has 1 aromatic heterocycles. The molecule has 0 bridgehead atoms. The summed E-state index contributed by atoms with van der Waals surface area (Å²) in [6, 6.07) is 10.4. The van der Waals surface area contributed by atoms with Crippen molar-refractivity contribution in [3.8, 4) is 11.3 Å². The number of benzene rings is 1. The smallest absolute Gasteiger partial charge is 0.121 e. The van der Waals surface area contributed by atoms with Gasteiger partial charge in [0.25, 0.3) is 0 Å². The van der Waals surface area contributed by atoms with E-state index >= 15 is 0 Å². The average molecular weight is 273 g/mol. The molecule has 2 rings (SSSR count). The molecule has 0 aliphatic rings. The summed E-state index contributed by atoms with van der Waals surface area (Å²) in [7, 11) is 3.61. The van der Waals surface area contributed by atoms with Gasteiger partial charge in [-0.05, 0) is 32.3 Å². The Morgan fingerprint density at radius 3 is 2.40 bits per heavy atom. The molecule has 108 valence electrons. The van der Waals surface area contributed by atoms with Gasteiger partial charge < -0.3 is 10.5 Å². The van der Waals surface area contributed by atoms with E-state index in [1.807, 2.05) is 13.1 Å². The molecule has 0 atom stereocenters. The van der Waals surface area contributed by atoms with Crippen molar-refractivity contribution in [1.29, 1.82) is 0 Å². The van der Waals surface area contributed by atoms with Gasteiger partial charge in [-0.3, -0.25) is 4.68 Å². The molecule has 0 radical (unpaired) electrons. The lowest BCUT2D eigenvalue weighted by Gasteiger charge is -2.22. The Bertz CT molecular complexity index is 550. The number of hydrogen-bond acceptors (Lipinski definition) is 3. The van der Waals surface area contributed by atoms with Crippen LogP contribution in [0, 0.1) is 0 Å². The first-order chi connectivity index (χ1) is 9.41. The molecular weight excluding hydrogens is 250 g/mol. The number of nitrogens with zero attached hydrogens (tertiary/aromatic N) is 2. The van der Waals surface area contributed by atoms with Crippen LogP contribution in [0.5, 0.6) is 0 Å². The van der Waals surface area contributed by atoms with Crippen LogP contribution in [0.25, 0.3) is 11.3 Å². The van der Waals surface area contributed by atoms with Gasteiger partial charge in [-0.2, -0.15) is 5.10 Å².